The van der Waals surface area contributed by atoms with Crippen LogP contribution < -0.4 is 5.32 Å². The highest BCUT2D eigenvalue weighted by molar-refractivity contribution is 5.20. The Labute approximate surface area is 128 Å². The standard InChI is InChI=1S/C18H28FNO/c1-12(2)17-11-16(9-10-21-17)20-18(13(3)4)14-5-7-15(19)8-6-14/h5-8,12-13,16-18,20H,9-11H2,1-4H3. The number of hydrogen-bond acceptors (Lipinski definition) is 2. The molecular weight excluding hydrogens is 265 g/mol. The summed E-state index contributed by atoms with van der Waals surface area (Å²) in [4.78, 5) is 0. The van der Waals surface area contributed by atoms with E-state index in [9.17, 15) is 4.39 Å². The van der Waals surface area contributed by atoms with Crippen molar-refractivity contribution >= 4 is 0 Å². The molecule has 0 saturated carbocycles. The number of ether oxygens (including phenoxy) is 1. The fraction of sp³-hybridized carbons (Fsp3) is 0.667. The van der Waals surface area contributed by atoms with E-state index in [1.165, 1.54) is 5.56 Å². The van der Waals surface area contributed by atoms with Crippen LogP contribution in [0.2, 0.25) is 0 Å². The third-order valence-corrected chi connectivity index (χ3v) is 4.37. The molecule has 2 nitrogen and oxygen atoms in total. The summed E-state index contributed by atoms with van der Waals surface area (Å²) in [6, 6.07) is 7.63. The van der Waals surface area contributed by atoms with Crippen LogP contribution in [0, 0.1) is 17.7 Å². The van der Waals surface area contributed by atoms with Crippen LogP contribution in [-0.4, -0.2) is 18.8 Å². The Kier molecular flexibility index (Phi) is 5.77. The first-order valence-corrected chi connectivity index (χ1v) is 8.10. The van der Waals surface area contributed by atoms with Crippen molar-refractivity contribution in [2.75, 3.05) is 6.61 Å². The van der Waals surface area contributed by atoms with Gasteiger partial charge in [0, 0.05) is 18.7 Å². The molecule has 1 aromatic carbocycles. The minimum absolute atomic E-state index is 0.174. The summed E-state index contributed by atoms with van der Waals surface area (Å²) in [6.45, 7) is 9.68. The van der Waals surface area contributed by atoms with Gasteiger partial charge in [-0.15, -0.1) is 0 Å². The van der Waals surface area contributed by atoms with Crippen molar-refractivity contribution in [3.8, 4) is 0 Å². The molecule has 118 valence electrons. The maximum Gasteiger partial charge on any atom is 0.123 e. The molecule has 0 aromatic heterocycles. The summed E-state index contributed by atoms with van der Waals surface area (Å²) in [7, 11) is 0. The van der Waals surface area contributed by atoms with Crippen molar-refractivity contribution in [2.24, 2.45) is 11.8 Å². The number of benzene rings is 1. The topological polar surface area (TPSA) is 21.3 Å². The van der Waals surface area contributed by atoms with Crippen molar-refractivity contribution in [3.63, 3.8) is 0 Å². The Morgan fingerprint density at radius 3 is 2.38 bits per heavy atom. The van der Waals surface area contributed by atoms with E-state index in [1.807, 2.05) is 12.1 Å². The lowest BCUT2D eigenvalue weighted by Gasteiger charge is -2.36. The van der Waals surface area contributed by atoms with Gasteiger partial charge in [-0.1, -0.05) is 39.8 Å². The Hall–Kier alpha value is -0.930. The average molecular weight is 293 g/mol. The molecule has 1 fully saturated rings. The number of rotatable bonds is 5. The van der Waals surface area contributed by atoms with Gasteiger partial charge in [0.1, 0.15) is 5.82 Å². The van der Waals surface area contributed by atoms with Gasteiger partial charge in [-0.05, 0) is 42.4 Å². The Morgan fingerprint density at radius 2 is 1.81 bits per heavy atom. The van der Waals surface area contributed by atoms with Crippen LogP contribution in [0.5, 0.6) is 0 Å². The van der Waals surface area contributed by atoms with Crippen molar-refractivity contribution in [1.29, 1.82) is 0 Å². The molecule has 1 aliphatic rings. The molecule has 1 heterocycles. The van der Waals surface area contributed by atoms with Crippen LogP contribution in [0.4, 0.5) is 4.39 Å². The molecule has 1 aliphatic heterocycles. The Bertz CT molecular complexity index is 429. The average Bonchev–Trinajstić information content (AvgIpc) is 2.46. The molecule has 3 unspecified atom stereocenters. The van der Waals surface area contributed by atoms with Gasteiger partial charge < -0.3 is 10.1 Å². The van der Waals surface area contributed by atoms with E-state index in [4.69, 9.17) is 4.74 Å². The lowest BCUT2D eigenvalue weighted by Crippen LogP contribution is -2.43. The highest BCUT2D eigenvalue weighted by Gasteiger charge is 2.27. The molecule has 1 N–H and O–H groups in total. The second-order valence-corrected chi connectivity index (χ2v) is 6.81. The Morgan fingerprint density at radius 1 is 1.14 bits per heavy atom. The van der Waals surface area contributed by atoms with E-state index >= 15 is 0 Å². The molecule has 3 heteroatoms. The Balaban J connectivity index is 2.04. The minimum Gasteiger partial charge on any atom is -0.378 e. The van der Waals surface area contributed by atoms with Crippen LogP contribution in [0.3, 0.4) is 0 Å². The van der Waals surface area contributed by atoms with E-state index in [1.54, 1.807) is 12.1 Å². The number of nitrogens with one attached hydrogen (secondary N) is 1. The predicted molar refractivity (Wildman–Crippen MR) is 84.7 cm³/mol. The summed E-state index contributed by atoms with van der Waals surface area (Å²) in [5, 5.41) is 3.77. The van der Waals surface area contributed by atoms with E-state index in [-0.39, 0.29) is 11.9 Å². The molecule has 1 saturated heterocycles. The molecule has 0 spiro atoms. The van der Waals surface area contributed by atoms with Crippen LogP contribution >= 0.6 is 0 Å². The summed E-state index contributed by atoms with van der Waals surface area (Å²) in [6.07, 6.45) is 2.45. The third kappa shape index (κ3) is 4.52. The fourth-order valence-electron chi connectivity index (χ4n) is 3.04. The molecule has 2 rings (SSSR count). The zero-order chi connectivity index (χ0) is 15.4. The maximum atomic E-state index is 13.1. The quantitative estimate of drug-likeness (QED) is 0.873. The number of hydrogen-bond donors (Lipinski definition) is 1. The van der Waals surface area contributed by atoms with Gasteiger partial charge in [-0.25, -0.2) is 4.39 Å². The van der Waals surface area contributed by atoms with E-state index in [2.05, 4.69) is 33.0 Å². The molecule has 0 bridgehead atoms. The highest BCUT2D eigenvalue weighted by atomic mass is 19.1. The smallest absolute Gasteiger partial charge is 0.123 e. The fourth-order valence-corrected chi connectivity index (χ4v) is 3.04. The molecular formula is C18H28FNO. The van der Waals surface area contributed by atoms with E-state index < -0.39 is 0 Å². The summed E-state index contributed by atoms with van der Waals surface area (Å²) in [5.41, 5.74) is 1.17. The van der Waals surface area contributed by atoms with Gasteiger partial charge in [-0.2, -0.15) is 0 Å². The molecule has 0 aliphatic carbocycles. The summed E-state index contributed by atoms with van der Waals surface area (Å²) in [5.74, 6) is 0.848. The first kappa shape index (κ1) is 16.4. The summed E-state index contributed by atoms with van der Waals surface area (Å²) < 4.78 is 19.0. The minimum atomic E-state index is -0.174. The normalized spacial score (nSPS) is 24.5. The first-order chi connectivity index (χ1) is 9.97. The van der Waals surface area contributed by atoms with E-state index in [0.717, 1.165) is 19.4 Å². The van der Waals surface area contributed by atoms with Crippen molar-refractivity contribution in [2.45, 2.75) is 58.7 Å². The van der Waals surface area contributed by atoms with Crippen LogP contribution in [0.1, 0.15) is 52.1 Å². The first-order valence-electron chi connectivity index (χ1n) is 8.10. The monoisotopic (exact) mass is 293 g/mol. The molecule has 21 heavy (non-hydrogen) atoms. The van der Waals surface area contributed by atoms with Crippen LogP contribution in [0.25, 0.3) is 0 Å². The predicted octanol–water partition coefficient (Wildman–Crippen LogP) is 4.32. The van der Waals surface area contributed by atoms with Gasteiger partial charge in [0.05, 0.1) is 6.10 Å². The second kappa shape index (κ2) is 7.37. The summed E-state index contributed by atoms with van der Waals surface area (Å²) >= 11 is 0. The van der Waals surface area contributed by atoms with Gasteiger partial charge in [0.15, 0.2) is 0 Å². The zero-order valence-electron chi connectivity index (χ0n) is 13.6. The molecule has 0 radical (unpaired) electrons. The number of halogens is 1. The lowest BCUT2D eigenvalue weighted by atomic mass is 9.91. The maximum absolute atomic E-state index is 13.1. The van der Waals surface area contributed by atoms with Gasteiger partial charge >= 0.3 is 0 Å². The van der Waals surface area contributed by atoms with Crippen molar-refractivity contribution in [1.82, 2.24) is 5.32 Å². The SMILES string of the molecule is CC(C)C1CC(NC(c2ccc(F)cc2)C(C)C)CCO1. The molecule has 1 aromatic rings. The molecule has 3 atom stereocenters. The third-order valence-electron chi connectivity index (χ3n) is 4.37. The van der Waals surface area contributed by atoms with Crippen LogP contribution in [-0.2, 0) is 4.74 Å². The second-order valence-electron chi connectivity index (χ2n) is 6.81. The zero-order valence-corrected chi connectivity index (χ0v) is 13.6. The lowest BCUT2D eigenvalue weighted by molar-refractivity contribution is -0.0268. The molecule has 0 amide bonds. The van der Waals surface area contributed by atoms with Crippen molar-refractivity contribution < 1.29 is 9.13 Å². The van der Waals surface area contributed by atoms with Gasteiger partial charge in [0.25, 0.3) is 0 Å². The largest absolute Gasteiger partial charge is 0.378 e. The van der Waals surface area contributed by atoms with Crippen LogP contribution in [0.15, 0.2) is 24.3 Å². The van der Waals surface area contributed by atoms with Crippen molar-refractivity contribution in [3.05, 3.63) is 35.6 Å². The highest BCUT2D eigenvalue weighted by Crippen LogP contribution is 2.27. The van der Waals surface area contributed by atoms with Gasteiger partial charge in [-0.3, -0.25) is 0 Å². The van der Waals surface area contributed by atoms with Gasteiger partial charge in [0.2, 0.25) is 0 Å². The van der Waals surface area contributed by atoms with E-state index in [0.29, 0.717) is 24.0 Å².